The van der Waals surface area contributed by atoms with Gasteiger partial charge in [-0.05, 0) is 77.0 Å². The Morgan fingerprint density at radius 1 is 0.325 bits per heavy atom. The minimum Gasteiger partial charge on any atom is -0.466 e. The standard InChI is InChI=1S/C77H149NO5/c1-3-5-7-9-11-13-15-17-19-20-21-36-39-42-45-49-53-57-61-65-69-75(80)74(73-79)78-76(81)70-66-62-58-54-50-46-43-40-37-34-32-30-28-26-24-22-23-25-27-29-31-33-35-38-41-44-48-52-56-60-64-68-72-83-77(82)71-67-63-59-55-51-47-18-16-14-12-10-8-6-4-2/h16,18,25,27,74-75,79-80H,3-15,17,19-24,26,28-73H2,1-2H3,(H,78,81)/b18-16-,27-25-. The van der Waals surface area contributed by atoms with E-state index in [2.05, 4.69) is 43.5 Å². The second kappa shape index (κ2) is 72.8. The zero-order chi connectivity index (χ0) is 59.9. The number of rotatable bonds is 72. The summed E-state index contributed by atoms with van der Waals surface area (Å²) in [5, 5.41) is 23.4. The summed E-state index contributed by atoms with van der Waals surface area (Å²) in [7, 11) is 0. The summed E-state index contributed by atoms with van der Waals surface area (Å²) in [6.07, 6.45) is 92.5. The number of ether oxygens (including phenoxy) is 1. The lowest BCUT2D eigenvalue weighted by Gasteiger charge is -2.22. The van der Waals surface area contributed by atoms with Crippen LogP contribution in [0.1, 0.15) is 431 Å². The third-order valence-electron chi connectivity index (χ3n) is 18.0. The number of allylic oxidation sites excluding steroid dienone is 4. The topological polar surface area (TPSA) is 95.9 Å². The van der Waals surface area contributed by atoms with Gasteiger partial charge in [0.25, 0.3) is 0 Å². The molecule has 0 rings (SSSR count). The van der Waals surface area contributed by atoms with E-state index in [1.165, 1.54) is 353 Å². The lowest BCUT2D eigenvalue weighted by atomic mass is 10.0. The van der Waals surface area contributed by atoms with Gasteiger partial charge in [0.15, 0.2) is 0 Å². The minimum absolute atomic E-state index is 0.0105. The Balaban J connectivity index is 3.35. The van der Waals surface area contributed by atoms with Crippen molar-refractivity contribution in [3.8, 4) is 0 Å². The average molecular weight is 1170 g/mol. The number of aliphatic hydroxyl groups excluding tert-OH is 2. The Morgan fingerprint density at radius 3 is 0.855 bits per heavy atom. The van der Waals surface area contributed by atoms with E-state index in [9.17, 15) is 19.8 Å². The number of esters is 1. The van der Waals surface area contributed by atoms with Crippen LogP contribution in [0.25, 0.3) is 0 Å². The van der Waals surface area contributed by atoms with Gasteiger partial charge in [-0.25, -0.2) is 0 Å². The summed E-state index contributed by atoms with van der Waals surface area (Å²) in [4.78, 5) is 24.6. The predicted octanol–water partition coefficient (Wildman–Crippen LogP) is 24.9. The van der Waals surface area contributed by atoms with Crippen LogP contribution in [0.2, 0.25) is 0 Å². The van der Waals surface area contributed by atoms with Crippen LogP contribution in [0, 0.1) is 0 Å². The molecule has 83 heavy (non-hydrogen) atoms. The molecule has 0 saturated carbocycles. The molecule has 6 heteroatoms. The summed E-state index contributed by atoms with van der Waals surface area (Å²) in [6.45, 7) is 4.99. The molecule has 0 aromatic heterocycles. The number of amides is 1. The highest BCUT2D eigenvalue weighted by Gasteiger charge is 2.20. The van der Waals surface area contributed by atoms with E-state index < -0.39 is 12.1 Å². The summed E-state index contributed by atoms with van der Waals surface area (Å²) in [5.41, 5.74) is 0. The molecule has 0 aliphatic carbocycles. The zero-order valence-electron chi connectivity index (χ0n) is 56.5. The molecule has 0 heterocycles. The third-order valence-corrected chi connectivity index (χ3v) is 18.0. The van der Waals surface area contributed by atoms with Crippen LogP contribution >= 0.6 is 0 Å². The van der Waals surface area contributed by atoms with Crippen molar-refractivity contribution in [2.24, 2.45) is 0 Å². The number of hydrogen-bond donors (Lipinski definition) is 3. The fourth-order valence-corrected chi connectivity index (χ4v) is 12.2. The molecule has 0 bridgehead atoms. The molecule has 0 aliphatic heterocycles. The van der Waals surface area contributed by atoms with Gasteiger partial charge in [-0.1, -0.05) is 366 Å². The van der Waals surface area contributed by atoms with Crippen LogP contribution in [0.5, 0.6) is 0 Å². The molecule has 1 amide bonds. The highest BCUT2D eigenvalue weighted by Crippen LogP contribution is 2.19. The minimum atomic E-state index is -0.663. The van der Waals surface area contributed by atoms with Gasteiger partial charge in [-0.15, -0.1) is 0 Å². The quantitative estimate of drug-likeness (QED) is 0.0320. The van der Waals surface area contributed by atoms with Crippen molar-refractivity contribution in [3.63, 3.8) is 0 Å². The van der Waals surface area contributed by atoms with Crippen molar-refractivity contribution >= 4 is 11.9 Å². The van der Waals surface area contributed by atoms with E-state index >= 15 is 0 Å². The maximum Gasteiger partial charge on any atom is 0.305 e. The Labute approximate surface area is 520 Å². The van der Waals surface area contributed by atoms with Gasteiger partial charge in [-0.2, -0.15) is 0 Å². The first kappa shape index (κ1) is 81.3. The van der Waals surface area contributed by atoms with Gasteiger partial charge in [0.2, 0.25) is 5.91 Å². The molecule has 0 aromatic rings. The second-order valence-electron chi connectivity index (χ2n) is 26.3. The van der Waals surface area contributed by atoms with E-state index in [4.69, 9.17) is 4.74 Å². The van der Waals surface area contributed by atoms with E-state index in [1.54, 1.807) is 0 Å². The van der Waals surface area contributed by atoms with Gasteiger partial charge in [0, 0.05) is 12.8 Å². The number of carbonyl (C=O) groups excluding carboxylic acids is 2. The maximum atomic E-state index is 12.6. The molecule has 2 atom stereocenters. The molecule has 0 aliphatic rings. The van der Waals surface area contributed by atoms with Gasteiger partial charge >= 0.3 is 5.97 Å². The van der Waals surface area contributed by atoms with E-state index in [0.717, 1.165) is 44.9 Å². The van der Waals surface area contributed by atoms with Crippen molar-refractivity contribution in [3.05, 3.63) is 24.3 Å². The third kappa shape index (κ3) is 69.3. The first-order valence-corrected chi connectivity index (χ1v) is 38.1. The maximum absolute atomic E-state index is 12.6. The average Bonchev–Trinajstić information content (AvgIpc) is 3.49. The first-order chi connectivity index (χ1) is 41.0. The SMILES string of the molecule is CCCCCCC/C=C\CCCCCCCC(=O)OCCCCCCCCCCCCCC/C=C\CCCCCCCCCCCCCCCCCCC(=O)NC(CO)C(O)CCCCCCCCCCCCCCCCCCCCCC. The molecule has 0 aromatic carbocycles. The number of nitrogens with one attached hydrogen (secondary N) is 1. The van der Waals surface area contributed by atoms with Crippen molar-refractivity contribution in [2.75, 3.05) is 13.2 Å². The highest BCUT2D eigenvalue weighted by atomic mass is 16.5. The molecule has 3 N–H and O–H groups in total. The summed E-state index contributed by atoms with van der Waals surface area (Å²) in [6, 6.07) is -0.540. The number of carbonyl (C=O) groups is 2. The lowest BCUT2D eigenvalue weighted by molar-refractivity contribution is -0.143. The van der Waals surface area contributed by atoms with Crippen LogP contribution < -0.4 is 5.32 Å². The van der Waals surface area contributed by atoms with Gasteiger partial charge in [0.1, 0.15) is 0 Å². The Bertz CT molecular complexity index is 1300. The molecule has 0 spiro atoms. The van der Waals surface area contributed by atoms with Crippen molar-refractivity contribution in [1.82, 2.24) is 5.32 Å². The van der Waals surface area contributed by atoms with Crippen LogP contribution in [-0.2, 0) is 14.3 Å². The van der Waals surface area contributed by atoms with Crippen molar-refractivity contribution in [1.29, 1.82) is 0 Å². The highest BCUT2D eigenvalue weighted by molar-refractivity contribution is 5.76. The molecular weight excluding hydrogens is 1020 g/mol. The lowest BCUT2D eigenvalue weighted by Crippen LogP contribution is -2.45. The smallest absolute Gasteiger partial charge is 0.305 e. The van der Waals surface area contributed by atoms with Gasteiger partial charge in [-0.3, -0.25) is 9.59 Å². The van der Waals surface area contributed by atoms with Crippen molar-refractivity contribution in [2.45, 2.75) is 443 Å². The van der Waals surface area contributed by atoms with Crippen LogP contribution in [0.15, 0.2) is 24.3 Å². The second-order valence-corrected chi connectivity index (χ2v) is 26.3. The van der Waals surface area contributed by atoms with E-state index in [1.807, 2.05) is 0 Å². The number of aliphatic hydroxyl groups is 2. The van der Waals surface area contributed by atoms with Gasteiger partial charge in [0.05, 0.1) is 25.4 Å². The monoisotopic (exact) mass is 1170 g/mol. The fraction of sp³-hybridized carbons (Fsp3) is 0.922. The summed E-state index contributed by atoms with van der Waals surface area (Å²) in [5.74, 6) is -0.0171. The molecule has 0 saturated heterocycles. The van der Waals surface area contributed by atoms with Crippen LogP contribution in [0.3, 0.4) is 0 Å². The van der Waals surface area contributed by atoms with Crippen LogP contribution in [-0.4, -0.2) is 47.4 Å². The summed E-state index contributed by atoms with van der Waals surface area (Å²) < 4.78 is 5.49. The molecule has 2 unspecified atom stereocenters. The largest absolute Gasteiger partial charge is 0.466 e. The number of hydrogen-bond acceptors (Lipinski definition) is 5. The molecule has 492 valence electrons. The first-order valence-electron chi connectivity index (χ1n) is 38.1. The predicted molar refractivity (Wildman–Crippen MR) is 366 cm³/mol. The number of unbranched alkanes of at least 4 members (excludes halogenated alkanes) is 57. The Kier molecular flexibility index (Phi) is 71.4. The molecule has 6 nitrogen and oxygen atoms in total. The summed E-state index contributed by atoms with van der Waals surface area (Å²) >= 11 is 0. The van der Waals surface area contributed by atoms with E-state index in [-0.39, 0.29) is 18.5 Å². The van der Waals surface area contributed by atoms with Gasteiger partial charge < -0.3 is 20.3 Å². The Morgan fingerprint density at radius 2 is 0.566 bits per heavy atom. The van der Waals surface area contributed by atoms with Crippen molar-refractivity contribution < 1.29 is 24.5 Å². The zero-order valence-corrected chi connectivity index (χ0v) is 56.5. The molecule has 0 fully saturated rings. The molecule has 0 radical (unpaired) electrons. The van der Waals surface area contributed by atoms with Crippen LogP contribution in [0.4, 0.5) is 0 Å². The molecular formula is C77H149NO5. The van der Waals surface area contributed by atoms with E-state index in [0.29, 0.717) is 25.9 Å². The normalized spacial score (nSPS) is 12.6. The Hall–Kier alpha value is -1.66. The fourth-order valence-electron chi connectivity index (χ4n) is 12.2.